The first-order valence-electron chi connectivity index (χ1n) is 5.75. The van der Waals surface area contributed by atoms with E-state index in [0.29, 0.717) is 6.42 Å². The van der Waals surface area contributed by atoms with Crippen LogP contribution in [0.5, 0.6) is 0 Å². The molecule has 0 heterocycles. The van der Waals surface area contributed by atoms with Gasteiger partial charge in [0.25, 0.3) is 0 Å². The average molecular weight is 261 g/mol. The van der Waals surface area contributed by atoms with Gasteiger partial charge >= 0.3 is 5.97 Å². The summed E-state index contributed by atoms with van der Waals surface area (Å²) in [4.78, 5) is 33.3. The van der Waals surface area contributed by atoms with E-state index in [0.717, 1.165) is 17.7 Å². The number of carbonyl (C=O) groups excluding carboxylic acids is 2. The Morgan fingerprint density at radius 2 is 1.84 bits per heavy atom. The number of carbonyl (C=O) groups is 3. The summed E-state index contributed by atoms with van der Waals surface area (Å²) in [5, 5.41) is 11.0. The number of carboxylic acid groups (broad SMARTS) is 1. The molecule has 0 aromatic heterocycles. The first-order chi connectivity index (χ1) is 8.99. The molecule has 0 saturated carbocycles. The molecule has 19 heavy (non-hydrogen) atoms. The maximum atomic E-state index is 11.8. The van der Waals surface area contributed by atoms with Crippen LogP contribution in [0.25, 0.3) is 0 Å². The zero-order chi connectivity index (χ0) is 14.3. The summed E-state index contributed by atoms with van der Waals surface area (Å²) in [6.07, 6.45) is 2.05. The van der Waals surface area contributed by atoms with Gasteiger partial charge in [-0.05, 0) is 11.6 Å². The minimum Gasteiger partial charge on any atom is -0.478 e. The van der Waals surface area contributed by atoms with Gasteiger partial charge in [0.2, 0.25) is 5.91 Å². The lowest BCUT2D eigenvalue weighted by Crippen LogP contribution is -2.40. The van der Waals surface area contributed by atoms with Crippen molar-refractivity contribution < 1.29 is 19.5 Å². The summed E-state index contributed by atoms with van der Waals surface area (Å²) in [6.45, 7) is 1.31. The number of nitrogens with one attached hydrogen (secondary N) is 1. The first-order valence-corrected chi connectivity index (χ1v) is 5.75. The van der Waals surface area contributed by atoms with Crippen molar-refractivity contribution >= 4 is 17.7 Å². The molecule has 0 aliphatic carbocycles. The number of carboxylic acids is 1. The molecule has 0 radical (unpaired) electrons. The minimum absolute atomic E-state index is 0.323. The molecule has 0 saturated heterocycles. The quantitative estimate of drug-likeness (QED) is 0.747. The molecular formula is C14H15NO4. The predicted octanol–water partition coefficient (Wildman–Crippen LogP) is 0.944. The Morgan fingerprint density at radius 3 is 2.37 bits per heavy atom. The van der Waals surface area contributed by atoms with Gasteiger partial charge in [-0.25, -0.2) is 4.79 Å². The minimum atomic E-state index is -1.20. The van der Waals surface area contributed by atoms with Crippen molar-refractivity contribution in [3.8, 4) is 0 Å². The molecule has 0 unspecified atom stereocenters. The highest BCUT2D eigenvalue weighted by molar-refractivity contribution is 6.00. The SMILES string of the molecule is CC(=O)N[C@H](Cc1ccccc1)C(=O)/C=C/C(=O)O. The average Bonchev–Trinajstić information content (AvgIpc) is 2.36. The smallest absolute Gasteiger partial charge is 0.328 e. The molecule has 0 aliphatic rings. The van der Waals surface area contributed by atoms with E-state index in [1.165, 1.54) is 6.92 Å². The number of amides is 1. The molecule has 1 aromatic rings. The first kappa shape index (κ1) is 14.6. The van der Waals surface area contributed by atoms with Crippen LogP contribution in [0, 0.1) is 0 Å². The fraction of sp³-hybridized carbons (Fsp3) is 0.214. The van der Waals surface area contributed by atoms with Gasteiger partial charge in [-0.1, -0.05) is 30.3 Å². The molecule has 0 bridgehead atoms. The molecule has 1 rings (SSSR count). The van der Waals surface area contributed by atoms with Crippen LogP contribution in [-0.2, 0) is 20.8 Å². The summed E-state index contributed by atoms with van der Waals surface area (Å²) in [7, 11) is 0. The largest absolute Gasteiger partial charge is 0.478 e. The lowest BCUT2D eigenvalue weighted by molar-refractivity contribution is -0.131. The summed E-state index contributed by atoms with van der Waals surface area (Å²) in [5.74, 6) is -1.98. The van der Waals surface area contributed by atoms with Crippen LogP contribution in [0.15, 0.2) is 42.5 Å². The Kier molecular flexibility index (Phi) is 5.47. The van der Waals surface area contributed by atoms with Gasteiger partial charge in [0.05, 0.1) is 6.04 Å². The van der Waals surface area contributed by atoms with Gasteiger partial charge < -0.3 is 10.4 Å². The van der Waals surface area contributed by atoms with Crippen LogP contribution in [0.1, 0.15) is 12.5 Å². The predicted molar refractivity (Wildman–Crippen MR) is 69.5 cm³/mol. The molecule has 5 heteroatoms. The second-order valence-electron chi connectivity index (χ2n) is 4.02. The molecular weight excluding hydrogens is 246 g/mol. The molecule has 1 aromatic carbocycles. The van der Waals surface area contributed by atoms with Crippen LogP contribution in [0.3, 0.4) is 0 Å². The van der Waals surface area contributed by atoms with Crippen molar-refractivity contribution in [3.63, 3.8) is 0 Å². The number of hydrogen-bond donors (Lipinski definition) is 2. The molecule has 1 amide bonds. The number of ketones is 1. The van der Waals surface area contributed by atoms with Crippen molar-refractivity contribution in [2.75, 3.05) is 0 Å². The number of rotatable bonds is 6. The fourth-order valence-corrected chi connectivity index (χ4v) is 1.59. The van der Waals surface area contributed by atoms with E-state index in [2.05, 4.69) is 5.32 Å². The lowest BCUT2D eigenvalue weighted by Gasteiger charge is -2.14. The molecule has 100 valence electrons. The fourth-order valence-electron chi connectivity index (χ4n) is 1.59. The highest BCUT2D eigenvalue weighted by atomic mass is 16.4. The Hall–Kier alpha value is -2.43. The topological polar surface area (TPSA) is 83.5 Å². The molecule has 2 N–H and O–H groups in total. The van der Waals surface area contributed by atoms with Crippen LogP contribution >= 0.6 is 0 Å². The number of benzene rings is 1. The Morgan fingerprint density at radius 1 is 1.21 bits per heavy atom. The van der Waals surface area contributed by atoms with E-state index in [-0.39, 0.29) is 5.91 Å². The van der Waals surface area contributed by atoms with Gasteiger partial charge in [0, 0.05) is 19.4 Å². The van der Waals surface area contributed by atoms with Crippen LogP contribution in [0.4, 0.5) is 0 Å². The van der Waals surface area contributed by atoms with Crippen molar-refractivity contribution in [2.45, 2.75) is 19.4 Å². The number of aliphatic carboxylic acids is 1. The van der Waals surface area contributed by atoms with E-state index in [9.17, 15) is 14.4 Å². The van der Waals surface area contributed by atoms with Crippen LogP contribution in [-0.4, -0.2) is 28.8 Å². The molecule has 0 fully saturated rings. The van der Waals surface area contributed by atoms with Crippen LogP contribution < -0.4 is 5.32 Å². The monoisotopic (exact) mass is 261 g/mol. The standard InChI is InChI=1S/C14H15NO4/c1-10(16)15-12(13(17)7-8-14(18)19)9-11-5-3-2-4-6-11/h2-8,12H,9H2,1H3,(H,15,16)(H,18,19)/b8-7+/t12-/m1/s1. The van der Waals surface area contributed by atoms with Gasteiger partial charge in [-0.3, -0.25) is 9.59 Å². The zero-order valence-corrected chi connectivity index (χ0v) is 10.5. The molecule has 1 atom stereocenters. The van der Waals surface area contributed by atoms with E-state index in [4.69, 9.17) is 5.11 Å². The van der Waals surface area contributed by atoms with Gasteiger partial charge in [-0.2, -0.15) is 0 Å². The Balaban J connectivity index is 2.80. The zero-order valence-electron chi connectivity index (χ0n) is 10.5. The Bertz CT molecular complexity index is 493. The summed E-state index contributed by atoms with van der Waals surface area (Å²) in [5.41, 5.74) is 0.887. The van der Waals surface area contributed by atoms with Gasteiger partial charge in [0.1, 0.15) is 0 Å². The van der Waals surface area contributed by atoms with Crippen molar-refractivity contribution in [2.24, 2.45) is 0 Å². The van der Waals surface area contributed by atoms with E-state index < -0.39 is 17.8 Å². The third kappa shape index (κ3) is 5.63. The van der Waals surface area contributed by atoms with Crippen LogP contribution in [0.2, 0.25) is 0 Å². The van der Waals surface area contributed by atoms with E-state index >= 15 is 0 Å². The summed E-state index contributed by atoms with van der Waals surface area (Å²) < 4.78 is 0. The highest BCUT2D eigenvalue weighted by Crippen LogP contribution is 2.04. The van der Waals surface area contributed by atoms with E-state index in [1.807, 2.05) is 30.3 Å². The Labute approximate surface area is 110 Å². The van der Waals surface area contributed by atoms with Crippen molar-refractivity contribution in [1.82, 2.24) is 5.32 Å². The summed E-state index contributed by atoms with van der Waals surface area (Å²) >= 11 is 0. The normalized spacial score (nSPS) is 12.1. The highest BCUT2D eigenvalue weighted by Gasteiger charge is 2.17. The molecule has 0 aliphatic heterocycles. The second-order valence-corrected chi connectivity index (χ2v) is 4.02. The summed E-state index contributed by atoms with van der Waals surface area (Å²) in [6, 6.07) is 8.43. The third-order valence-corrected chi connectivity index (χ3v) is 2.39. The number of hydrogen-bond acceptors (Lipinski definition) is 3. The van der Waals surface area contributed by atoms with Crippen molar-refractivity contribution in [1.29, 1.82) is 0 Å². The molecule has 0 spiro atoms. The van der Waals surface area contributed by atoms with Crippen molar-refractivity contribution in [3.05, 3.63) is 48.0 Å². The van der Waals surface area contributed by atoms with Gasteiger partial charge in [-0.15, -0.1) is 0 Å². The second kappa shape index (κ2) is 7.10. The lowest BCUT2D eigenvalue weighted by atomic mass is 10.0. The maximum absolute atomic E-state index is 11.8. The third-order valence-electron chi connectivity index (χ3n) is 2.39. The maximum Gasteiger partial charge on any atom is 0.328 e. The molecule has 5 nitrogen and oxygen atoms in total. The van der Waals surface area contributed by atoms with Gasteiger partial charge in [0.15, 0.2) is 5.78 Å². The van der Waals surface area contributed by atoms with E-state index in [1.54, 1.807) is 0 Å².